The molecule has 0 aromatic carbocycles. The van der Waals surface area contributed by atoms with Crippen LogP contribution in [0.3, 0.4) is 0 Å². The highest BCUT2D eigenvalue weighted by Crippen LogP contribution is 2.22. The van der Waals surface area contributed by atoms with Crippen molar-refractivity contribution in [2.45, 2.75) is 10.1 Å². The van der Waals surface area contributed by atoms with E-state index in [1.165, 1.54) is 29.3 Å². The van der Waals surface area contributed by atoms with E-state index < -0.39 is 5.69 Å². The number of nitrogens with one attached hydrogen (secondary N) is 2. The zero-order valence-corrected chi connectivity index (χ0v) is 9.15. The summed E-state index contributed by atoms with van der Waals surface area (Å²) in [5, 5.41) is 1.87. The summed E-state index contributed by atoms with van der Waals surface area (Å²) in [5.74, 6) is 0.500. The van der Waals surface area contributed by atoms with Crippen LogP contribution in [0.1, 0.15) is 5.56 Å². The van der Waals surface area contributed by atoms with Gasteiger partial charge in [0.2, 0.25) is 0 Å². The normalized spacial score (nSPS) is 10.4. The lowest BCUT2D eigenvalue weighted by Gasteiger charge is -1.96. The number of hydrogen-bond acceptors (Lipinski definition) is 5. The maximum Gasteiger partial charge on any atom is 0.325 e. The number of aromatic amines is 2. The van der Waals surface area contributed by atoms with Gasteiger partial charge in [0.25, 0.3) is 5.56 Å². The number of H-pyrrole nitrogens is 2. The molecule has 7 heteroatoms. The highest BCUT2D eigenvalue weighted by atomic mass is 32.2. The van der Waals surface area contributed by atoms with Crippen LogP contribution < -0.4 is 11.2 Å². The second-order valence-corrected chi connectivity index (χ2v) is 4.80. The van der Waals surface area contributed by atoms with E-state index >= 15 is 0 Å². The van der Waals surface area contributed by atoms with Gasteiger partial charge in [-0.15, -0.1) is 11.3 Å². The van der Waals surface area contributed by atoms with Crippen LogP contribution in [0.4, 0.5) is 0 Å². The van der Waals surface area contributed by atoms with E-state index in [2.05, 4.69) is 15.0 Å². The zero-order valence-electron chi connectivity index (χ0n) is 7.52. The van der Waals surface area contributed by atoms with Crippen molar-refractivity contribution in [3.8, 4) is 0 Å². The van der Waals surface area contributed by atoms with Crippen molar-refractivity contribution in [1.82, 2.24) is 15.0 Å². The van der Waals surface area contributed by atoms with Crippen LogP contribution in [0, 0.1) is 0 Å². The van der Waals surface area contributed by atoms with Crippen molar-refractivity contribution < 1.29 is 0 Å². The Morgan fingerprint density at radius 3 is 3.00 bits per heavy atom. The molecule has 0 spiro atoms. The quantitative estimate of drug-likeness (QED) is 0.779. The Labute approximate surface area is 92.6 Å². The van der Waals surface area contributed by atoms with Crippen LogP contribution in [-0.2, 0) is 5.75 Å². The minimum atomic E-state index is -0.483. The number of thioether (sulfide) groups is 1. The first kappa shape index (κ1) is 10.2. The molecule has 0 radical (unpaired) electrons. The molecule has 2 N–H and O–H groups in total. The highest BCUT2D eigenvalue weighted by Gasteiger charge is 2.02. The Morgan fingerprint density at radius 1 is 1.47 bits per heavy atom. The van der Waals surface area contributed by atoms with Gasteiger partial charge in [0.15, 0.2) is 0 Å². The molecule has 0 saturated carbocycles. The average Bonchev–Trinajstić information content (AvgIpc) is 2.69. The minimum absolute atomic E-state index is 0.345. The average molecular weight is 241 g/mol. The van der Waals surface area contributed by atoms with E-state index in [1.807, 2.05) is 5.38 Å². The van der Waals surface area contributed by atoms with Crippen molar-refractivity contribution in [2.24, 2.45) is 0 Å². The Morgan fingerprint density at radius 2 is 2.33 bits per heavy atom. The van der Waals surface area contributed by atoms with Gasteiger partial charge in [0.1, 0.15) is 4.34 Å². The summed E-state index contributed by atoms with van der Waals surface area (Å²) in [6, 6.07) is 0. The van der Waals surface area contributed by atoms with Crippen LogP contribution in [0.2, 0.25) is 0 Å². The van der Waals surface area contributed by atoms with E-state index in [4.69, 9.17) is 0 Å². The molecule has 0 fully saturated rings. The van der Waals surface area contributed by atoms with Crippen molar-refractivity contribution in [2.75, 3.05) is 0 Å². The van der Waals surface area contributed by atoms with Gasteiger partial charge in [0, 0.05) is 29.1 Å². The van der Waals surface area contributed by atoms with Crippen molar-refractivity contribution in [3.63, 3.8) is 0 Å². The van der Waals surface area contributed by atoms with Gasteiger partial charge < -0.3 is 4.98 Å². The number of aromatic nitrogens is 3. The largest absolute Gasteiger partial charge is 0.325 e. The summed E-state index contributed by atoms with van der Waals surface area (Å²) >= 11 is 2.98. The van der Waals surface area contributed by atoms with Gasteiger partial charge in [-0.1, -0.05) is 11.8 Å². The summed E-state index contributed by atoms with van der Waals surface area (Å²) in [6.45, 7) is 0. The lowest BCUT2D eigenvalue weighted by atomic mass is 10.4. The van der Waals surface area contributed by atoms with Crippen LogP contribution >= 0.6 is 23.1 Å². The van der Waals surface area contributed by atoms with E-state index in [0.717, 1.165) is 4.34 Å². The van der Waals surface area contributed by atoms with Crippen LogP contribution in [0.5, 0.6) is 0 Å². The fourth-order valence-electron chi connectivity index (χ4n) is 0.966. The molecule has 2 heterocycles. The van der Waals surface area contributed by atoms with Gasteiger partial charge >= 0.3 is 5.69 Å². The number of rotatable bonds is 3. The lowest BCUT2D eigenvalue weighted by Crippen LogP contribution is -2.24. The monoisotopic (exact) mass is 241 g/mol. The first-order chi connectivity index (χ1) is 7.25. The molecule has 0 saturated heterocycles. The van der Waals surface area contributed by atoms with Crippen molar-refractivity contribution in [1.29, 1.82) is 0 Å². The van der Waals surface area contributed by atoms with E-state index in [-0.39, 0.29) is 5.56 Å². The van der Waals surface area contributed by atoms with Crippen molar-refractivity contribution >= 4 is 23.1 Å². The molecular weight excluding hydrogens is 234 g/mol. The fraction of sp³-hybridized carbons (Fsp3) is 0.125. The molecule has 2 aromatic heterocycles. The third-order valence-corrected chi connectivity index (χ3v) is 3.67. The summed E-state index contributed by atoms with van der Waals surface area (Å²) in [4.78, 5) is 30.7. The smallest absolute Gasteiger partial charge is 0.314 e. The van der Waals surface area contributed by atoms with E-state index in [0.29, 0.717) is 11.3 Å². The summed E-state index contributed by atoms with van der Waals surface area (Å²) < 4.78 is 0.903. The maximum absolute atomic E-state index is 11.3. The molecule has 0 aliphatic carbocycles. The molecule has 0 bridgehead atoms. The standard InChI is InChI=1S/C8H7N3O2S2/c12-6-5(3-10-7(13)11-6)4-15-8-9-1-2-14-8/h1-3H,4H2,(H2,10,11,12,13). The van der Waals surface area contributed by atoms with Gasteiger partial charge in [0.05, 0.1) is 0 Å². The van der Waals surface area contributed by atoms with Crippen LogP contribution in [0.15, 0.2) is 31.7 Å². The van der Waals surface area contributed by atoms with E-state index in [1.54, 1.807) is 6.20 Å². The predicted molar refractivity (Wildman–Crippen MR) is 59.4 cm³/mol. The lowest BCUT2D eigenvalue weighted by molar-refractivity contribution is 1.00. The van der Waals surface area contributed by atoms with Crippen LogP contribution in [-0.4, -0.2) is 15.0 Å². The van der Waals surface area contributed by atoms with Crippen molar-refractivity contribution in [3.05, 3.63) is 44.2 Å². The number of nitrogens with zero attached hydrogens (tertiary/aromatic N) is 1. The third kappa shape index (κ3) is 2.57. The topological polar surface area (TPSA) is 78.6 Å². The zero-order chi connectivity index (χ0) is 10.7. The second-order valence-electron chi connectivity index (χ2n) is 2.68. The third-order valence-electron chi connectivity index (χ3n) is 1.66. The first-order valence-corrected chi connectivity index (χ1v) is 5.95. The summed E-state index contributed by atoms with van der Waals surface area (Å²) in [7, 11) is 0. The fourth-order valence-corrected chi connectivity index (χ4v) is 2.57. The molecular formula is C8H7N3O2S2. The predicted octanol–water partition coefficient (Wildman–Crippen LogP) is 0.812. The van der Waals surface area contributed by atoms with Gasteiger partial charge in [-0.25, -0.2) is 9.78 Å². The van der Waals surface area contributed by atoms with Gasteiger partial charge in [-0.05, 0) is 0 Å². The van der Waals surface area contributed by atoms with Crippen LogP contribution in [0.25, 0.3) is 0 Å². The number of hydrogen-bond donors (Lipinski definition) is 2. The Hall–Kier alpha value is -1.34. The maximum atomic E-state index is 11.3. The minimum Gasteiger partial charge on any atom is -0.314 e. The van der Waals surface area contributed by atoms with Gasteiger partial charge in [-0.2, -0.15) is 0 Å². The molecule has 78 valence electrons. The second kappa shape index (κ2) is 4.45. The molecule has 0 unspecified atom stereocenters. The van der Waals surface area contributed by atoms with Gasteiger partial charge in [-0.3, -0.25) is 9.78 Å². The SMILES string of the molecule is O=c1[nH]cc(CSc2nccs2)c(=O)[nH]1. The summed E-state index contributed by atoms with van der Waals surface area (Å²) in [6.07, 6.45) is 3.14. The first-order valence-electron chi connectivity index (χ1n) is 4.09. The molecule has 2 aromatic rings. The molecule has 0 amide bonds. The molecule has 0 aliphatic heterocycles. The van der Waals surface area contributed by atoms with E-state index in [9.17, 15) is 9.59 Å². The molecule has 0 atom stereocenters. The molecule has 0 aliphatic rings. The Bertz CT molecular complexity index is 544. The summed E-state index contributed by atoms with van der Waals surface area (Å²) in [5.41, 5.74) is -0.291. The molecule has 2 rings (SSSR count). The molecule has 5 nitrogen and oxygen atoms in total. The Balaban J connectivity index is 2.12. The molecule has 15 heavy (non-hydrogen) atoms. The Kier molecular flexibility index (Phi) is 3.02. The highest BCUT2D eigenvalue weighted by molar-refractivity contribution is 8.00. The number of thiazole rings is 1.